The van der Waals surface area contributed by atoms with Gasteiger partial charge in [0, 0.05) is 25.0 Å². The van der Waals surface area contributed by atoms with E-state index in [1.165, 1.54) is 59.8 Å². The van der Waals surface area contributed by atoms with Gasteiger partial charge in [-0.2, -0.15) is 4.58 Å². The van der Waals surface area contributed by atoms with E-state index in [2.05, 4.69) is 91.5 Å². The van der Waals surface area contributed by atoms with E-state index in [-0.39, 0.29) is 5.41 Å². The van der Waals surface area contributed by atoms with E-state index in [9.17, 15) is 0 Å². The monoisotopic (exact) mass is 430 g/mol. The summed E-state index contributed by atoms with van der Waals surface area (Å²) in [5.74, 6) is 2.66. The molecule has 0 aromatic heterocycles. The number of rotatable bonds is 7. The Balaban J connectivity index is 0.00000126. The van der Waals surface area contributed by atoms with Gasteiger partial charge in [-0.15, -0.1) is 0 Å². The fourth-order valence-corrected chi connectivity index (χ4v) is 4.31. The molecule has 0 atom stereocenters. The molecule has 0 amide bonds. The molecular weight excluding hydrogens is 394 g/mol. The van der Waals surface area contributed by atoms with Crippen molar-refractivity contribution in [3.05, 3.63) is 42.0 Å². The zero-order valence-electron chi connectivity index (χ0n) is 18.1. The Bertz CT molecular complexity index is 786. The smallest absolute Gasteiger partial charge is 0.199 e. The van der Waals surface area contributed by atoms with Gasteiger partial charge < -0.3 is 0 Å². The summed E-state index contributed by atoms with van der Waals surface area (Å²) in [6, 6.07) is 13.5. The van der Waals surface area contributed by atoms with Gasteiger partial charge in [0.05, 0.1) is 5.41 Å². The minimum Gasteiger partial charge on any atom is -0.199 e. The predicted octanol–water partition coefficient (Wildman–Crippen LogP) is 7.85. The fourth-order valence-electron chi connectivity index (χ4n) is 4.31. The number of unbranched alkanes of at least 4 members (excludes halogenated alkanes) is 3. The number of fused-ring (bicyclic) bond motifs is 3. The van der Waals surface area contributed by atoms with Gasteiger partial charge in [0.2, 0.25) is 5.69 Å². The van der Waals surface area contributed by atoms with Crippen LogP contribution in [-0.4, -0.2) is 22.7 Å². The summed E-state index contributed by atoms with van der Waals surface area (Å²) >= 11 is 2.94. The summed E-state index contributed by atoms with van der Waals surface area (Å²) in [6.45, 7) is 12.9. The molecule has 3 rings (SSSR count). The minimum atomic E-state index is 0.119. The predicted molar refractivity (Wildman–Crippen MR) is 125 cm³/mol. The second-order valence-corrected chi connectivity index (χ2v) is 8.64. The molecule has 0 aliphatic carbocycles. The number of nitrogens with zero attached hydrogens (tertiary/aromatic N) is 1. The van der Waals surface area contributed by atoms with Gasteiger partial charge in [-0.1, -0.05) is 73.3 Å². The highest BCUT2D eigenvalue weighted by atomic mass is 79.9. The van der Waals surface area contributed by atoms with Gasteiger partial charge in [0.15, 0.2) is 5.71 Å². The van der Waals surface area contributed by atoms with Crippen LogP contribution in [0.3, 0.4) is 0 Å². The van der Waals surface area contributed by atoms with Crippen LogP contribution < -0.4 is 0 Å². The second-order valence-electron chi connectivity index (χ2n) is 8.64. The Morgan fingerprint density at radius 3 is 2.30 bits per heavy atom. The van der Waals surface area contributed by atoms with Crippen LogP contribution >= 0.6 is 15.9 Å². The van der Waals surface area contributed by atoms with Crippen LogP contribution in [0.4, 0.5) is 5.69 Å². The molecule has 0 saturated carbocycles. The van der Waals surface area contributed by atoms with E-state index in [4.69, 9.17) is 0 Å². The van der Waals surface area contributed by atoms with E-state index in [1.807, 2.05) is 5.83 Å². The molecule has 1 nitrogen and oxygen atoms in total. The summed E-state index contributed by atoms with van der Waals surface area (Å²) in [5, 5.41) is 2.78. The molecular formula is C25H37BrN+. The number of benzene rings is 2. The summed E-state index contributed by atoms with van der Waals surface area (Å²) in [4.78, 5) is 0. The minimum absolute atomic E-state index is 0.119. The molecule has 0 fully saturated rings. The SMILES string of the molecule is CBr.CC1=[N+](CCCCCCC(C)C)c2ccc3ccccc3c2C1(C)C. The van der Waals surface area contributed by atoms with Crippen LogP contribution in [0.5, 0.6) is 0 Å². The average molecular weight is 431 g/mol. The van der Waals surface area contributed by atoms with Crippen LogP contribution in [0.2, 0.25) is 0 Å². The largest absolute Gasteiger partial charge is 0.210 e. The van der Waals surface area contributed by atoms with E-state index in [0.29, 0.717) is 0 Å². The van der Waals surface area contributed by atoms with Gasteiger partial charge in [-0.05, 0) is 48.9 Å². The van der Waals surface area contributed by atoms with E-state index in [0.717, 1.165) is 12.5 Å². The zero-order valence-corrected chi connectivity index (χ0v) is 19.7. The van der Waals surface area contributed by atoms with Crippen molar-refractivity contribution in [2.45, 2.75) is 72.1 Å². The van der Waals surface area contributed by atoms with Crippen molar-refractivity contribution in [2.75, 3.05) is 12.4 Å². The van der Waals surface area contributed by atoms with Gasteiger partial charge >= 0.3 is 0 Å². The summed E-state index contributed by atoms with van der Waals surface area (Å²) < 4.78 is 2.59. The molecule has 1 aliphatic rings. The Kier molecular flexibility index (Phi) is 8.09. The van der Waals surface area contributed by atoms with E-state index < -0.39 is 0 Å². The maximum atomic E-state index is 2.94. The molecule has 0 saturated heterocycles. The Labute approximate surface area is 175 Å². The molecule has 2 aromatic rings. The third-order valence-electron chi connectivity index (χ3n) is 6.05. The lowest BCUT2D eigenvalue weighted by Crippen LogP contribution is -2.26. The number of hydrogen-bond donors (Lipinski definition) is 0. The highest BCUT2D eigenvalue weighted by Gasteiger charge is 2.43. The Hall–Kier alpha value is -1.15. The molecule has 27 heavy (non-hydrogen) atoms. The fraction of sp³-hybridized carbons (Fsp3) is 0.560. The van der Waals surface area contributed by atoms with Crippen molar-refractivity contribution >= 4 is 38.1 Å². The van der Waals surface area contributed by atoms with Crippen LogP contribution in [0.15, 0.2) is 36.4 Å². The van der Waals surface area contributed by atoms with Gasteiger partial charge in [-0.25, -0.2) is 0 Å². The quantitative estimate of drug-likeness (QED) is 0.239. The molecule has 2 aromatic carbocycles. The summed E-state index contributed by atoms with van der Waals surface area (Å²) in [5.41, 5.74) is 4.57. The number of alkyl halides is 1. The standard InChI is InChI=1S/C24H34N.CH3Br/c1-18(2)12-8-6-7-11-17-25-19(3)24(4,5)23-21-14-10-9-13-20(21)15-16-22(23)25;1-2/h9-10,13-16,18H,6-8,11-12,17H2,1-5H3;1H3/q+1;. The highest BCUT2D eigenvalue weighted by Crippen LogP contribution is 2.43. The van der Waals surface area contributed by atoms with Gasteiger partial charge in [0.25, 0.3) is 0 Å². The molecule has 148 valence electrons. The summed E-state index contributed by atoms with van der Waals surface area (Å²) in [6.07, 6.45) is 6.76. The molecule has 0 bridgehead atoms. The van der Waals surface area contributed by atoms with Crippen molar-refractivity contribution in [1.82, 2.24) is 0 Å². The van der Waals surface area contributed by atoms with Crippen molar-refractivity contribution in [1.29, 1.82) is 0 Å². The van der Waals surface area contributed by atoms with Crippen LogP contribution in [0.25, 0.3) is 10.8 Å². The van der Waals surface area contributed by atoms with Crippen LogP contribution in [-0.2, 0) is 5.41 Å². The first-order chi connectivity index (χ1) is 12.9. The molecule has 0 spiro atoms. The maximum Gasteiger partial charge on any atom is 0.210 e. The first-order valence-corrected chi connectivity index (χ1v) is 12.0. The third kappa shape index (κ3) is 4.83. The molecule has 2 heteroatoms. The summed E-state index contributed by atoms with van der Waals surface area (Å²) in [7, 11) is 0. The Morgan fingerprint density at radius 2 is 1.59 bits per heavy atom. The lowest BCUT2D eigenvalue weighted by molar-refractivity contribution is -0.439. The first-order valence-electron chi connectivity index (χ1n) is 10.4. The Morgan fingerprint density at radius 1 is 0.926 bits per heavy atom. The maximum absolute atomic E-state index is 2.94. The zero-order chi connectivity index (χ0) is 20.0. The lowest BCUT2D eigenvalue weighted by Gasteiger charge is -2.17. The van der Waals surface area contributed by atoms with E-state index in [1.54, 1.807) is 0 Å². The van der Waals surface area contributed by atoms with Gasteiger partial charge in [0.1, 0.15) is 6.54 Å². The molecule has 0 unspecified atom stereocenters. The van der Waals surface area contributed by atoms with Crippen molar-refractivity contribution in [2.24, 2.45) is 5.92 Å². The van der Waals surface area contributed by atoms with Crippen molar-refractivity contribution < 1.29 is 4.58 Å². The van der Waals surface area contributed by atoms with Crippen LogP contribution in [0, 0.1) is 5.92 Å². The van der Waals surface area contributed by atoms with Crippen molar-refractivity contribution in [3.8, 4) is 0 Å². The van der Waals surface area contributed by atoms with Gasteiger partial charge in [-0.3, -0.25) is 0 Å². The number of hydrogen-bond acceptors (Lipinski definition) is 0. The van der Waals surface area contributed by atoms with Crippen molar-refractivity contribution in [3.63, 3.8) is 0 Å². The third-order valence-corrected chi connectivity index (χ3v) is 6.05. The lowest BCUT2D eigenvalue weighted by atomic mass is 9.80. The molecule has 1 aliphatic heterocycles. The normalized spacial score (nSPS) is 15.1. The topological polar surface area (TPSA) is 3.01 Å². The highest BCUT2D eigenvalue weighted by molar-refractivity contribution is 9.08. The second kappa shape index (κ2) is 9.87. The number of halogens is 1. The molecule has 0 radical (unpaired) electrons. The molecule has 1 heterocycles. The molecule has 0 N–H and O–H groups in total. The first kappa shape index (κ1) is 22.1. The van der Waals surface area contributed by atoms with E-state index >= 15 is 0 Å². The average Bonchev–Trinajstić information content (AvgIpc) is 2.86. The van der Waals surface area contributed by atoms with Crippen LogP contribution in [0.1, 0.15) is 72.3 Å².